The molecule has 0 saturated carbocycles. The highest BCUT2D eigenvalue weighted by atomic mass is 32.2. The monoisotopic (exact) mass is 460 g/mol. The molecule has 1 aliphatic heterocycles. The summed E-state index contributed by atoms with van der Waals surface area (Å²) in [5, 5.41) is 13.8. The molecule has 1 unspecified atom stereocenters. The lowest BCUT2D eigenvalue weighted by atomic mass is 10.0. The van der Waals surface area contributed by atoms with Gasteiger partial charge in [-0.2, -0.15) is 11.8 Å². The van der Waals surface area contributed by atoms with Gasteiger partial charge >= 0.3 is 0 Å². The Morgan fingerprint density at radius 1 is 1.06 bits per heavy atom. The number of fused-ring (bicyclic) bond motifs is 1. The van der Waals surface area contributed by atoms with E-state index in [1.807, 2.05) is 46.8 Å². The number of nitrogens with zero attached hydrogens (tertiary/aromatic N) is 5. The Kier molecular flexibility index (Phi) is 6.28. The normalized spacial score (nSPS) is 15.7. The SMILES string of the molecule is Cc1cc2cc(C(c3nnnn3CCc3ccccc3)N3CCSCC3)c(=O)[nH]c2cc1C. The lowest BCUT2D eigenvalue weighted by Gasteiger charge is -2.33. The highest BCUT2D eigenvalue weighted by Gasteiger charge is 2.31. The molecule has 1 atom stereocenters. The van der Waals surface area contributed by atoms with Crippen molar-refractivity contribution in [2.45, 2.75) is 32.9 Å². The molecule has 7 nitrogen and oxygen atoms in total. The van der Waals surface area contributed by atoms with Crippen LogP contribution < -0.4 is 5.56 Å². The molecule has 2 aromatic carbocycles. The van der Waals surface area contributed by atoms with Gasteiger partial charge in [0.1, 0.15) is 6.04 Å². The van der Waals surface area contributed by atoms with Crippen LogP contribution >= 0.6 is 11.8 Å². The molecule has 170 valence electrons. The number of thioether (sulfide) groups is 1. The fourth-order valence-corrected chi connectivity index (χ4v) is 5.41. The highest BCUT2D eigenvalue weighted by molar-refractivity contribution is 7.99. The second kappa shape index (κ2) is 9.49. The predicted octanol–water partition coefficient (Wildman–Crippen LogP) is 3.51. The molecule has 0 aliphatic carbocycles. The average molecular weight is 461 g/mol. The van der Waals surface area contributed by atoms with Gasteiger partial charge in [0.25, 0.3) is 5.56 Å². The number of benzene rings is 2. The van der Waals surface area contributed by atoms with Gasteiger partial charge in [-0.1, -0.05) is 30.3 Å². The van der Waals surface area contributed by atoms with Crippen molar-refractivity contribution in [3.8, 4) is 0 Å². The maximum atomic E-state index is 13.3. The first-order valence-corrected chi connectivity index (χ1v) is 12.5. The Labute approximate surface area is 197 Å². The third kappa shape index (κ3) is 4.58. The van der Waals surface area contributed by atoms with Crippen molar-refractivity contribution >= 4 is 22.7 Å². The Morgan fingerprint density at radius 2 is 1.82 bits per heavy atom. The maximum Gasteiger partial charge on any atom is 0.253 e. The number of H-pyrrole nitrogens is 1. The van der Waals surface area contributed by atoms with Crippen LogP contribution in [0.25, 0.3) is 10.9 Å². The molecule has 0 amide bonds. The molecule has 1 N–H and O–H groups in total. The number of aryl methyl sites for hydroxylation is 4. The minimum atomic E-state index is -0.286. The predicted molar refractivity (Wildman–Crippen MR) is 133 cm³/mol. The van der Waals surface area contributed by atoms with Crippen LogP contribution in [0.1, 0.15) is 34.1 Å². The summed E-state index contributed by atoms with van der Waals surface area (Å²) < 4.78 is 1.86. The second-order valence-electron chi connectivity index (χ2n) is 8.62. The second-order valence-corrected chi connectivity index (χ2v) is 9.85. The lowest BCUT2D eigenvalue weighted by Crippen LogP contribution is -2.40. The van der Waals surface area contributed by atoms with Gasteiger partial charge in [-0.3, -0.25) is 9.69 Å². The molecule has 0 radical (unpaired) electrons. The molecule has 1 aliphatic rings. The smallest absolute Gasteiger partial charge is 0.253 e. The number of rotatable bonds is 6. The quantitative estimate of drug-likeness (QED) is 0.474. The standard InChI is InChI=1S/C25H28N6OS/c1-17-14-20-16-21(25(32)26-22(20)15-18(17)2)23(30-10-12-33-13-11-30)24-27-28-29-31(24)9-8-19-6-4-3-5-7-19/h3-7,14-16,23H,8-13H2,1-2H3,(H,26,32). The fraction of sp³-hybridized carbons (Fsp3) is 0.360. The van der Waals surface area contributed by atoms with E-state index in [4.69, 9.17) is 0 Å². The lowest BCUT2D eigenvalue weighted by molar-refractivity contribution is 0.233. The summed E-state index contributed by atoms with van der Waals surface area (Å²) in [7, 11) is 0. The van der Waals surface area contributed by atoms with Crippen LogP contribution in [0.15, 0.2) is 53.3 Å². The average Bonchev–Trinajstić information content (AvgIpc) is 3.29. The summed E-state index contributed by atoms with van der Waals surface area (Å²) in [5.41, 5.74) is 5.10. The van der Waals surface area contributed by atoms with Gasteiger partial charge in [0, 0.05) is 42.2 Å². The van der Waals surface area contributed by atoms with E-state index < -0.39 is 0 Å². The zero-order chi connectivity index (χ0) is 22.8. The van der Waals surface area contributed by atoms with E-state index in [0.717, 1.165) is 47.7 Å². The maximum absolute atomic E-state index is 13.3. The van der Waals surface area contributed by atoms with E-state index in [9.17, 15) is 4.79 Å². The van der Waals surface area contributed by atoms with Gasteiger partial charge in [0.05, 0.1) is 0 Å². The first-order chi connectivity index (χ1) is 16.1. The molecule has 0 bridgehead atoms. The van der Waals surface area contributed by atoms with Crippen LogP contribution in [-0.4, -0.2) is 54.7 Å². The molecule has 1 saturated heterocycles. The van der Waals surface area contributed by atoms with Gasteiger partial charge < -0.3 is 4.98 Å². The van der Waals surface area contributed by atoms with Crippen LogP contribution in [0.4, 0.5) is 0 Å². The fourth-order valence-electron chi connectivity index (χ4n) is 4.48. The largest absolute Gasteiger partial charge is 0.322 e. The molecule has 5 rings (SSSR count). The van der Waals surface area contributed by atoms with Crippen molar-refractivity contribution in [3.63, 3.8) is 0 Å². The molecule has 3 heterocycles. The topological polar surface area (TPSA) is 79.7 Å². The summed E-state index contributed by atoms with van der Waals surface area (Å²) >= 11 is 1.94. The van der Waals surface area contributed by atoms with E-state index in [2.05, 4.69) is 57.5 Å². The van der Waals surface area contributed by atoms with Crippen LogP contribution in [-0.2, 0) is 13.0 Å². The third-order valence-corrected chi connectivity index (χ3v) is 7.39. The first kappa shape index (κ1) is 21.9. The van der Waals surface area contributed by atoms with Gasteiger partial charge in [0.2, 0.25) is 0 Å². The number of hydrogen-bond donors (Lipinski definition) is 1. The van der Waals surface area contributed by atoms with Gasteiger partial charge in [-0.25, -0.2) is 4.68 Å². The molecule has 0 spiro atoms. The van der Waals surface area contributed by atoms with Gasteiger partial charge in [-0.05, 0) is 71.0 Å². The summed E-state index contributed by atoms with van der Waals surface area (Å²) in [6, 6.07) is 16.3. The molecule has 4 aromatic rings. The van der Waals surface area contributed by atoms with E-state index in [-0.39, 0.29) is 11.6 Å². The molecular formula is C25H28N6OS. The molecule has 8 heteroatoms. The van der Waals surface area contributed by atoms with E-state index in [1.54, 1.807) is 0 Å². The number of hydrogen-bond acceptors (Lipinski definition) is 6. The van der Waals surface area contributed by atoms with Crippen molar-refractivity contribution in [1.29, 1.82) is 0 Å². The highest BCUT2D eigenvalue weighted by Crippen LogP contribution is 2.29. The Balaban J connectivity index is 1.57. The Hall–Kier alpha value is -2.97. The summed E-state index contributed by atoms with van der Waals surface area (Å²) in [4.78, 5) is 18.8. The Bertz CT molecular complexity index is 1310. The number of aromatic amines is 1. The van der Waals surface area contributed by atoms with Gasteiger partial charge in [0.15, 0.2) is 5.82 Å². The molecule has 33 heavy (non-hydrogen) atoms. The summed E-state index contributed by atoms with van der Waals surface area (Å²) in [6.07, 6.45) is 0.827. The zero-order valence-electron chi connectivity index (χ0n) is 19.0. The number of nitrogens with one attached hydrogen (secondary N) is 1. The van der Waals surface area contributed by atoms with Crippen molar-refractivity contribution in [2.24, 2.45) is 0 Å². The number of tetrazole rings is 1. The number of pyridine rings is 1. The summed E-state index contributed by atoms with van der Waals surface area (Å²) in [6.45, 7) is 6.62. The van der Waals surface area contributed by atoms with E-state index in [0.29, 0.717) is 12.1 Å². The van der Waals surface area contributed by atoms with Crippen LogP contribution in [0.5, 0.6) is 0 Å². The first-order valence-electron chi connectivity index (χ1n) is 11.4. The van der Waals surface area contributed by atoms with Crippen molar-refractivity contribution < 1.29 is 0 Å². The van der Waals surface area contributed by atoms with Crippen LogP contribution in [0.2, 0.25) is 0 Å². The Morgan fingerprint density at radius 3 is 2.61 bits per heavy atom. The van der Waals surface area contributed by atoms with Crippen molar-refractivity contribution in [2.75, 3.05) is 24.6 Å². The van der Waals surface area contributed by atoms with Crippen LogP contribution in [0.3, 0.4) is 0 Å². The minimum absolute atomic E-state index is 0.0772. The third-order valence-electron chi connectivity index (χ3n) is 6.45. The molecule has 2 aromatic heterocycles. The van der Waals surface area contributed by atoms with Gasteiger partial charge in [-0.15, -0.1) is 5.10 Å². The van der Waals surface area contributed by atoms with E-state index >= 15 is 0 Å². The van der Waals surface area contributed by atoms with E-state index in [1.165, 1.54) is 16.7 Å². The van der Waals surface area contributed by atoms with Crippen molar-refractivity contribution in [1.82, 2.24) is 30.1 Å². The molecular weight excluding hydrogens is 432 g/mol. The van der Waals surface area contributed by atoms with Crippen LogP contribution in [0, 0.1) is 13.8 Å². The zero-order valence-corrected chi connectivity index (χ0v) is 19.8. The summed E-state index contributed by atoms with van der Waals surface area (Å²) in [5.74, 6) is 2.80. The number of aromatic nitrogens is 5. The molecule has 1 fully saturated rings. The minimum Gasteiger partial charge on any atom is -0.322 e. The van der Waals surface area contributed by atoms with Crippen molar-refractivity contribution in [3.05, 3.63) is 87.0 Å².